The molecule has 1 aliphatic carbocycles. The van der Waals surface area contributed by atoms with E-state index < -0.39 is 35.3 Å². The molecule has 0 heterocycles. The van der Waals surface area contributed by atoms with E-state index in [9.17, 15) is 22.8 Å². The van der Waals surface area contributed by atoms with Gasteiger partial charge in [-0.05, 0) is 43.7 Å². The first-order valence-corrected chi connectivity index (χ1v) is 9.24. The molecule has 0 aromatic heterocycles. The van der Waals surface area contributed by atoms with Crippen LogP contribution < -0.4 is 4.74 Å². The average molecular weight is 370 g/mol. The number of carbonyl (C=O) groups excluding carboxylic acids is 2. The summed E-state index contributed by atoms with van der Waals surface area (Å²) in [6.07, 6.45) is 2.22. The van der Waals surface area contributed by atoms with Crippen LogP contribution in [0.2, 0.25) is 0 Å². The van der Waals surface area contributed by atoms with Gasteiger partial charge >= 0.3 is 5.97 Å². The molecule has 3 nitrogen and oxygen atoms in total. The van der Waals surface area contributed by atoms with Crippen molar-refractivity contribution < 1.29 is 27.5 Å². The zero-order valence-electron chi connectivity index (χ0n) is 15.2. The van der Waals surface area contributed by atoms with Crippen molar-refractivity contribution in [2.75, 3.05) is 0 Å². The van der Waals surface area contributed by atoms with Crippen molar-refractivity contribution in [1.82, 2.24) is 0 Å². The number of hydrogen-bond donors (Lipinski definition) is 0. The highest BCUT2D eigenvalue weighted by Gasteiger charge is 2.30. The first-order valence-electron chi connectivity index (χ1n) is 9.24. The first-order chi connectivity index (χ1) is 12.4. The van der Waals surface area contributed by atoms with E-state index in [0.29, 0.717) is 18.8 Å². The number of alkyl halides is 2. The average Bonchev–Trinajstić information content (AvgIpc) is 2.63. The van der Waals surface area contributed by atoms with Crippen molar-refractivity contribution in [3.8, 4) is 5.75 Å². The van der Waals surface area contributed by atoms with Crippen LogP contribution in [0.15, 0.2) is 12.1 Å². The maximum absolute atomic E-state index is 14.5. The Hall–Kier alpha value is -1.85. The summed E-state index contributed by atoms with van der Waals surface area (Å²) in [6, 6.07) is 2.20. The van der Waals surface area contributed by atoms with Crippen molar-refractivity contribution in [2.24, 2.45) is 11.8 Å². The predicted octanol–water partition coefficient (Wildman–Crippen LogP) is 5.87. The van der Waals surface area contributed by atoms with Crippen LogP contribution in [0.3, 0.4) is 0 Å². The Bertz CT molecular complexity index is 650. The topological polar surface area (TPSA) is 43.4 Å². The summed E-state index contributed by atoms with van der Waals surface area (Å²) in [6.45, 7) is 3.63. The number of esters is 1. The maximum Gasteiger partial charge on any atom is 0.314 e. The molecule has 144 valence electrons. The SMILES string of the molecule is CCCC1CCC(C(=O)Oc2ccc(C(=O)CC)c(C(F)F)c2F)CC1. The van der Waals surface area contributed by atoms with Gasteiger partial charge in [0.1, 0.15) is 0 Å². The van der Waals surface area contributed by atoms with Crippen LogP contribution in [0.1, 0.15) is 81.1 Å². The van der Waals surface area contributed by atoms with Gasteiger partial charge in [-0.1, -0.05) is 26.7 Å². The highest BCUT2D eigenvalue weighted by molar-refractivity contribution is 5.97. The minimum atomic E-state index is -3.16. The number of benzene rings is 1. The predicted molar refractivity (Wildman–Crippen MR) is 92.0 cm³/mol. The highest BCUT2D eigenvalue weighted by atomic mass is 19.3. The third-order valence-corrected chi connectivity index (χ3v) is 5.07. The number of rotatable bonds is 7. The van der Waals surface area contributed by atoms with Crippen molar-refractivity contribution in [3.63, 3.8) is 0 Å². The van der Waals surface area contributed by atoms with Crippen molar-refractivity contribution in [3.05, 3.63) is 29.1 Å². The lowest BCUT2D eigenvalue weighted by atomic mass is 9.80. The van der Waals surface area contributed by atoms with Crippen LogP contribution in [0.5, 0.6) is 5.75 Å². The van der Waals surface area contributed by atoms with Gasteiger partial charge in [0.25, 0.3) is 6.43 Å². The Morgan fingerprint density at radius 1 is 1.15 bits per heavy atom. The Labute approximate surface area is 151 Å². The molecule has 26 heavy (non-hydrogen) atoms. The molecule has 2 rings (SSSR count). The van der Waals surface area contributed by atoms with Gasteiger partial charge in [-0.2, -0.15) is 0 Å². The van der Waals surface area contributed by atoms with Crippen LogP contribution >= 0.6 is 0 Å². The molecule has 0 unspecified atom stereocenters. The van der Waals surface area contributed by atoms with E-state index in [1.165, 1.54) is 6.92 Å². The van der Waals surface area contributed by atoms with Crippen LogP contribution in [-0.2, 0) is 4.79 Å². The number of halogens is 3. The number of ether oxygens (including phenoxy) is 1. The van der Waals surface area contributed by atoms with E-state index >= 15 is 0 Å². The summed E-state index contributed by atoms with van der Waals surface area (Å²) >= 11 is 0. The van der Waals surface area contributed by atoms with Gasteiger partial charge in [-0.3, -0.25) is 9.59 Å². The molecule has 0 atom stereocenters. The molecule has 0 radical (unpaired) electrons. The first kappa shape index (κ1) is 20.5. The van der Waals surface area contributed by atoms with E-state index in [2.05, 4.69) is 6.92 Å². The van der Waals surface area contributed by atoms with Crippen molar-refractivity contribution >= 4 is 11.8 Å². The maximum atomic E-state index is 14.5. The summed E-state index contributed by atoms with van der Waals surface area (Å²) in [5.74, 6) is -2.76. The lowest BCUT2D eigenvalue weighted by Crippen LogP contribution is -2.26. The molecule has 0 saturated heterocycles. The molecule has 1 aromatic rings. The highest BCUT2D eigenvalue weighted by Crippen LogP contribution is 2.35. The van der Waals surface area contributed by atoms with Gasteiger partial charge in [0.2, 0.25) is 0 Å². The van der Waals surface area contributed by atoms with E-state index in [1.807, 2.05) is 0 Å². The van der Waals surface area contributed by atoms with Gasteiger partial charge in [-0.15, -0.1) is 0 Å². The second-order valence-electron chi connectivity index (χ2n) is 6.84. The van der Waals surface area contributed by atoms with E-state index in [4.69, 9.17) is 4.74 Å². The third kappa shape index (κ3) is 4.65. The Balaban J connectivity index is 2.13. The molecular weight excluding hydrogens is 345 g/mol. The molecule has 1 aromatic carbocycles. The van der Waals surface area contributed by atoms with Crippen LogP contribution in [0.4, 0.5) is 13.2 Å². The lowest BCUT2D eigenvalue weighted by molar-refractivity contribution is -0.140. The molecule has 0 spiro atoms. The number of carbonyl (C=O) groups is 2. The molecule has 0 aliphatic heterocycles. The fourth-order valence-electron chi connectivity index (χ4n) is 3.59. The van der Waals surface area contributed by atoms with Crippen LogP contribution in [-0.4, -0.2) is 11.8 Å². The standard InChI is InChI=1S/C20H25F3O3/c1-3-5-12-6-8-13(9-7-12)20(25)26-16-11-10-14(15(24)4-2)17(18(16)21)19(22)23/h10-13,19H,3-9H2,1-2H3. The molecule has 1 aliphatic rings. The molecular formula is C20H25F3O3. The molecule has 0 bridgehead atoms. The zero-order chi connectivity index (χ0) is 19.3. The fourth-order valence-corrected chi connectivity index (χ4v) is 3.59. The lowest BCUT2D eigenvalue weighted by Gasteiger charge is -2.27. The summed E-state index contributed by atoms with van der Waals surface area (Å²) in [5, 5.41) is 0. The molecule has 0 N–H and O–H groups in total. The fraction of sp³-hybridized carbons (Fsp3) is 0.600. The normalized spacial score (nSPS) is 20.2. The zero-order valence-corrected chi connectivity index (χ0v) is 15.2. The number of Topliss-reactive ketones (excluding diaryl/α,β-unsaturated/α-hetero) is 1. The van der Waals surface area contributed by atoms with Crippen LogP contribution in [0.25, 0.3) is 0 Å². The minimum Gasteiger partial charge on any atom is -0.423 e. The summed E-state index contributed by atoms with van der Waals surface area (Å²) in [7, 11) is 0. The number of hydrogen-bond acceptors (Lipinski definition) is 3. The monoisotopic (exact) mass is 370 g/mol. The van der Waals surface area contributed by atoms with E-state index in [1.54, 1.807) is 0 Å². The largest absolute Gasteiger partial charge is 0.423 e. The van der Waals surface area contributed by atoms with Gasteiger partial charge < -0.3 is 4.74 Å². The quantitative estimate of drug-likeness (QED) is 0.343. The molecule has 0 amide bonds. The third-order valence-electron chi connectivity index (χ3n) is 5.07. The van der Waals surface area contributed by atoms with Gasteiger partial charge in [0, 0.05) is 12.0 Å². The van der Waals surface area contributed by atoms with Crippen molar-refractivity contribution in [1.29, 1.82) is 0 Å². The van der Waals surface area contributed by atoms with Crippen molar-refractivity contribution in [2.45, 2.75) is 65.2 Å². The summed E-state index contributed by atoms with van der Waals surface area (Å²) in [4.78, 5) is 24.0. The van der Waals surface area contributed by atoms with E-state index in [-0.39, 0.29) is 17.9 Å². The second kappa shape index (κ2) is 9.19. The van der Waals surface area contributed by atoms with Gasteiger partial charge in [-0.25, -0.2) is 13.2 Å². The molecule has 1 fully saturated rings. The van der Waals surface area contributed by atoms with Gasteiger partial charge in [0.15, 0.2) is 17.3 Å². The summed E-state index contributed by atoms with van der Waals surface area (Å²) < 4.78 is 46.0. The van der Waals surface area contributed by atoms with Gasteiger partial charge in [0.05, 0.1) is 11.5 Å². The van der Waals surface area contributed by atoms with E-state index in [0.717, 1.165) is 37.8 Å². The molecule has 6 heteroatoms. The van der Waals surface area contributed by atoms with Crippen LogP contribution in [0, 0.1) is 17.7 Å². The number of ketones is 1. The minimum absolute atomic E-state index is 0.0146. The smallest absolute Gasteiger partial charge is 0.314 e. The Morgan fingerprint density at radius 3 is 2.35 bits per heavy atom. The Kier molecular flexibility index (Phi) is 7.23. The molecule has 1 saturated carbocycles. The summed E-state index contributed by atoms with van der Waals surface area (Å²) in [5.41, 5.74) is -1.35. The second-order valence-corrected chi connectivity index (χ2v) is 6.84. The Morgan fingerprint density at radius 2 is 1.81 bits per heavy atom.